The molecule has 33 heavy (non-hydrogen) atoms. The second-order valence-corrected chi connectivity index (χ2v) is 12.1. The minimum atomic E-state index is -0.235. The SMILES string of the molecule is Cc1cc2c(cc1C)C(=O)C(=Cc1cc3sc(-c4c(P)c(P)c(C)c(I)c4P)cc3o1)C2=O. The first-order valence-corrected chi connectivity index (χ1v) is 13.8. The number of carbonyl (C=O) groups excluding carboxylic acids is 2. The zero-order valence-corrected chi connectivity index (χ0v) is 24.6. The summed E-state index contributed by atoms with van der Waals surface area (Å²) in [6.45, 7) is 6.02. The molecule has 3 nitrogen and oxygen atoms in total. The lowest BCUT2D eigenvalue weighted by Gasteiger charge is -2.16. The van der Waals surface area contributed by atoms with E-state index in [2.05, 4.69) is 57.2 Å². The molecule has 0 saturated heterocycles. The summed E-state index contributed by atoms with van der Waals surface area (Å²) >= 11 is 4.03. The third-order valence-corrected chi connectivity index (χ3v) is 11.5. The maximum absolute atomic E-state index is 12.9. The zero-order chi connectivity index (χ0) is 23.8. The van der Waals surface area contributed by atoms with Gasteiger partial charge in [0.15, 0.2) is 11.6 Å². The van der Waals surface area contributed by atoms with Gasteiger partial charge in [0.1, 0.15) is 11.3 Å². The van der Waals surface area contributed by atoms with Crippen LogP contribution in [0.2, 0.25) is 0 Å². The second-order valence-electron chi connectivity index (χ2n) is 8.24. The van der Waals surface area contributed by atoms with Crippen LogP contribution in [0.25, 0.3) is 26.8 Å². The summed E-state index contributed by atoms with van der Waals surface area (Å²) in [4.78, 5) is 26.9. The van der Waals surface area contributed by atoms with E-state index >= 15 is 0 Å². The van der Waals surface area contributed by atoms with Crippen molar-refractivity contribution in [3.05, 3.63) is 67.0 Å². The van der Waals surface area contributed by atoms with E-state index in [-0.39, 0.29) is 17.1 Å². The number of furan rings is 1. The molecule has 2 aromatic carbocycles. The minimum Gasteiger partial charge on any atom is -0.456 e. The second kappa shape index (κ2) is 8.47. The van der Waals surface area contributed by atoms with Crippen molar-refractivity contribution in [1.29, 1.82) is 0 Å². The quantitative estimate of drug-likeness (QED) is 0.126. The Morgan fingerprint density at radius 2 is 1.48 bits per heavy atom. The Labute approximate surface area is 216 Å². The van der Waals surface area contributed by atoms with E-state index in [0.29, 0.717) is 16.9 Å². The summed E-state index contributed by atoms with van der Waals surface area (Å²) in [5.74, 6) is 0.0465. The van der Waals surface area contributed by atoms with Crippen molar-refractivity contribution in [1.82, 2.24) is 0 Å². The molecule has 8 heteroatoms. The van der Waals surface area contributed by atoms with Gasteiger partial charge in [0.05, 0.1) is 10.3 Å². The summed E-state index contributed by atoms with van der Waals surface area (Å²) in [6, 6.07) is 7.56. The molecule has 2 aromatic heterocycles. The third-order valence-electron chi connectivity index (χ3n) is 6.17. The van der Waals surface area contributed by atoms with Crippen molar-refractivity contribution in [2.75, 3.05) is 0 Å². The number of benzene rings is 2. The largest absolute Gasteiger partial charge is 0.456 e. The van der Waals surface area contributed by atoms with Crippen molar-refractivity contribution >= 4 is 105 Å². The molecule has 0 spiro atoms. The Kier molecular flexibility index (Phi) is 6.03. The molecule has 0 bridgehead atoms. The van der Waals surface area contributed by atoms with Crippen molar-refractivity contribution in [2.24, 2.45) is 0 Å². The normalized spacial score (nSPS) is 13.4. The Morgan fingerprint density at radius 1 is 0.879 bits per heavy atom. The molecule has 0 saturated carbocycles. The molecule has 3 unspecified atom stereocenters. The molecule has 0 amide bonds. The van der Waals surface area contributed by atoms with Gasteiger partial charge in [0, 0.05) is 37.3 Å². The van der Waals surface area contributed by atoms with E-state index in [4.69, 9.17) is 4.42 Å². The van der Waals surface area contributed by atoms with Crippen molar-refractivity contribution in [3.63, 3.8) is 0 Å². The molecule has 5 rings (SSSR count). The average Bonchev–Trinajstić information content (AvgIpc) is 3.39. The molecule has 0 N–H and O–H groups in total. The van der Waals surface area contributed by atoms with Crippen LogP contribution >= 0.6 is 61.6 Å². The molecule has 3 atom stereocenters. The highest BCUT2D eigenvalue weighted by Crippen LogP contribution is 2.37. The van der Waals surface area contributed by atoms with Gasteiger partial charge >= 0.3 is 0 Å². The number of halogens is 1. The Hall–Kier alpha value is -1.22. The maximum Gasteiger partial charge on any atom is 0.197 e. The van der Waals surface area contributed by atoms with Gasteiger partial charge in [0.25, 0.3) is 0 Å². The van der Waals surface area contributed by atoms with Crippen molar-refractivity contribution < 1.29 is 14.0 Å². The number of Topliss-reactive ketones (excluding diaryl/α,β-unsaturated/α-hetero) is 2. The zero-order valence-electron chi connectivity index (χ0n) is 18.1. The van der Waals surface area contributed by atoms with E-state index < -0.39 is 0 Å². The van der Waals surface area contributed by atoms with E-state index in [1.54, 1.807) is 17.4 Å². The number of fused-ring (bicyclic) bond motifs is 2. The minimum absolute atomic E-state index is 0.164. The number of allylic oxidation sites excluding steroid dienone is 1. The molecule has 4 aromatic rings. The molecular formula is C25H20IO3P3S. The summed E-state index contributed by atoms with van der Waals surface area (Å²) in [7, 11) is 8.58. The summed E-state index contributed by atoms with van der Waals surface area (Å²) < 4.78 is 8.25. The van der Waals surface area contributed by atoms with Crippen LogP contribution in [0.15, 0.2) is 34.3 Å². The predicted molar refractivity (Wildman–Crippen MR) is 158 cm³/mol. The fourth-order valence-electron chi connectivity index (χ4n) is 4.08. The number of hydrogen-bond acceptors (Lipinski definition) is 4. The van der Waals surface area contributed by atoms with Crippen LogP contribution in [0.1, 0.15) is 43.2 Å². The Morgan fingerprint density at radius 3 is 2.06 bits per heavy atom. The highest BCUT2D eigenvalue weighted by atomic mass is 127. The fraction of sp³-hybridized carbons (Fsp3) is 0.120. The van der Waals surface area contributed by atoms with Gasteiger partial charge in [0.2, 0.25) is 0 Å². The van der Waals surface area contributed by atoms with Gasteiger partial charge in [-0.15, -0.1) is 39.1 Å². The standard InChI is InChI=1S/C25H20IO3P3S/c1-9-4-13-14(5-10(9)2)22(28)15(21(13)27)6-12-7-17-16(29-12)8-18(33-17)19-24(31)20(26)11(3)23(30)25(19)32/h4-8H,30-32H2,1-3H3. The number of hydrogen-bond donors (Lipinski definition) is 0. The Balaban J connectivity index is 1.55. The van der Waals surface area contributed by atoms with Gasteiger partial charge in [-0.25, -0.2) is 0 Å². The van der Waals surface area contributed by atoms with Crippen LogP contribution in [0.3, 0.4) is 0 Å². The van der Waals surface area contributed by atoms with Crippen LogP contribution < -0.4 is 15.9 Å². The lowest BCUT2D eigenvalue weighted by molar-refractivity contribution is 0.0990. The number of aryl methyl sites for hydroxylation is 2. The molecule has 1 aliphatic carbocycles. The lowest BCUT2D eigenvalue weighted by atomic mass is 10.0. The van der Waals surface area contributed by atoms with Crippen molar-refractivity contribution in [2.45, 2.75) is 20.8 Å². The molecule has 0 radical (unpaired) electrons. The van der Waals surface area contributed by atoms with E-state index in [9.17, 15) is 9.59 Å². The van der Waals surface area contributed by atoms with Crippen LogP contribution in [0.4, 0.5) is 0 Å². The van der Waals surface area contributed by atoms with Crippen molar-refractivity contribution in [3.8, 4) is 10.4 Å². The van der Waals surface area contributed by atoms with Gasteiger partial charge in [-0.2, -0.15) is 0 Å². The summed E-state index contributed by atoms with van der Waals surface area (Å²) in [5, 5.41) is 3.50. The number of thiophene rings is 1. The van der Waals surface area contributed by atoms with Crippen LogP contribution in [0, 0.1) is 24.3 Å². The first-order chi connectivity index (χ1) is 15.6. The van der Waals surface area contributed by atoms with E-state index in [0.717, 1.165) is 31.6 Å². The number of carbonyl (C=O) groups is 2. The maximum atomic E-state index is 12.9. The average molecular weight is 620 g/mol. The van der Waals surface area contributed by atoms with Crippen LogP contribution in [-0.4, -0.2) is 11.6 Å². The Bertz CT molecular complexity index is 1470. The molecule has 2 heterocycles. The molecule has 0 fully saturated rings. The topological polar surface area (TPSA) is 47.3 Å². The fourth-order valence-corrected chi connectivity index (χ4v) is 7.76. The smallest absolute Gasteiger partial charge is 0.197 e. The van der Waals surface area contributed by atoms with Gasteiger partial charge < -0.3 is 4.42 Å². The number of rotatable bonds is 2. The lowest BCUT2D eigenvalue weighted by Crippen LogP contribution is -2.25. The van der Waals surface area contributed by atoms with E-state index in [1.807, 2.05) is 38.1 Å². The van der Waals surface area contributed by atoms with E-state index in [1.165, 1.54) is 25.3 Å². The highest BCUT2D eigenvalue weighted by molar-refractivity contribution is 14.1. The first kappa shape index (κ1) is 23.5. The molecular weight excluding hydrogens is 600 g/mol. The highest BCUT2D eigenvalue weighted by Gasteiger charge is 2.34. The van der Waals surface area contributed by atoms with Gasteiger partial charge in [-0.1, -0.05) is 0 Å². The molecule has 166 valence electrons. The van der Waals surface area contributed by atoms with Crippen LogP contribution in [-0.2, 0) is 0 Å². The summed E-state index contributed by atoms with van der Waals surface area (Å²) in [5.41, 5.74) is 6.30. The third kappa shape index (κ3) is 3.72. The predicted octanol–water partition coefficient (Wildman–Crippen LogP) is 5.65. The first-order valence-electron chi connectivity index (χ1n) is 10.2. The summed E-state index contributed by atoms with van der Waals surface area (Å²) in [6.07, 6.45) is 1.58. The monoisotopic (exact) mass is 620 g/mol. The number of ketones is 2. The molecule has 0 aliphatic heterocycles. The molecule has 1 aliphatic rings. The van der Waals surface area contributed by atoms with Crippen LogP contribution in [0.5, 0.6) is 0 Å². The van der Waals surface area contributed by atoms with Gasteiger partial charge in [-0.05, 0) is 94.2 Å². The van der Waals surface area contributed by atoms with Gasteiger partial charge in [-0.3, -0.25) is 9.59 Å².